The van der Waals surface area contributed by atoms with E-state index in [1.807, 2.05) is 43.3 Å². The maximum Gasteiger partial charge on any atom is 0.237 e. The molecule has 0 saturated heterocycles. The van der Waals surface area contributed by atoms with Crippen LogP contribution in [-0.4, -0.2) is 11.2 Å². The van der Waals surface area contributed by atoms with Gasteiger partial charge in [-0.2, -0.15) is 0 Å². The first-order valence-corrected chi connectivity index (χ1v) is 7.80. The molecule has 0 aliphatic carbocycles. The van der Waals surface area contributed by atoms with Gasteiger partial charge in [-0.05, 0) is 43.3 Å². The highest BCUT2D eigenvalue weighted by Crippen LogP contribution is 2.26. The average molecular weight is 351 g/mol. The highest BCUT2D eigenvalue weighted by atomic mass is 79.9. The lowest BCUT2D eigenvalue weighted by Crippen LogP contribution is -2.22. The van der Waals surface area contributed by atoms with Crippen molar-refractivity contribution < 1.29 is 4.79 Å². The summed E-state index contributed by atoms with van der Waals surface area (Å²) in [6, 6.07) is 15.1. The number of thioether (sulfide) groups is 1. The van der Waals surface area contributed by atoms with Crippen LogP contribution in [0.5, 0.6) is 0 Å². The van der Waals surface area contributed by atoms with E-state index < -0.39 is 0 Å². The number of nitrogen functional groups attached to an aromatic ring is 1. The molecule has 0 fully saturated rings. The summed E-state index contributed by atoms with van der Waals surface area (Å²) in [5, 5.41) is 2.68. The second-order valence-electron chi connectivity index (χ2n) is 4.33. The Morgan fingerprint density at radius 3 is 2.70 bits per heavy atom. The molecule has 5 heteroatoms. The number of hydrogen-bond acceptors (Lipinski definition) is 3. The van der Waals surface area contributed by atoms with Crippen molar-refractivity contribution in [1.82, 2.24) is 0 Å². The first-order valence-electron chi connectivity index (χ1n) is 6.13. The summed E-state index contributed by atoms with van der Waals surface area (Å²) in [6.07, 6.45) is 0. The third kappa shape index (κ3) is 4.28. The lowest BCUT2D eigenvalue weighted by molar-refractivity contribution is -0.115. The number of carbonyl (C=O) groups is 1. The average Bonchev–Trinajstić information content (AvgIpc) is 2.38. The Morgan fingerprint density at radius 1 is 1.25 bits per heavy atom. The van der Waals surface area contributed by atoms with Gasteiger partial charge in [-0.15, -0.1) is 11.8 Å². The zero-order valence-corrected chi connectivity index (χ0v) is 13.4. The molecular formula is C15H15BrN2OS. The molecular weight excluding hydrogens is 336 g/mol. The molecule has 0 saturated carbocycles. The van der Waals surface area contributed by atoms with Crippen molar-refractivity contribution in [3.8, 4) is 0 Å². The Balaban J connectivity index is 1.98. The van der Waals surface area contributed by atoms with E-state index in [9.17, 15) is 4.79 Å². The molecule has 0 aliphatic rings. The van der Waals surface area contributed by atoms with Crippen LogP contribution in [-0.2, 0) is 4.79 Å². The van der Waals surface area contributed by atoms with E-state index in [0.29, 0.717) is 5.69 Å². The number of anilines is 2. The summed E-state index contributed by atoms with van der Waals surface area (Å²) < 4.78 is 1.01. The van der Waals surface area contributed by atoms with Crippen LogP contribution in [0.4, 0.5) is 11.4 Å². The molecule has 2 rings (SSSR count). The molecule has 1 amide bonds. The Morgan fingerprint density at radius 2 is 2.00 bits per heavy atom. The van der Waals surface area contributed by atoms with Gasteiger partial charge >= 0.3 is 0 Å². The Labute approximate surface area is 131 Å². The van der Waals surface area contributed by atoms with Crippen LogP contribution in [0.2, 0.25) is 0 Å². The van der Waals surface area contributed by atoms with Crippen molar-refractivity contribution in [2.24, 2.45) is 0 Å². The maximum atomic E-state index is 12.1. The molecule has 2 aromatic carbocycles. The van der Waals surface area contributed by atoms with Crippen molar-refractivity contribution in [2.45, 2.75) is 17.1 Å². The van der Waals surface area contributed by atoms with Gasteiger partial charge in [0.1, 0.15) is 0 Å². The quantitative estimate of drug-likeness (QED) is 0.643. The molecule has 0 spiro atoms. The third-order valence-corrected chi connectivity index (χ3v) is 4.22. The number of hydrogen-bond donors (Lipinski definition) is 2. The summed E-state index contributed by atoms with van der Waals surface area (Å²) >= 11 is 4.94. The highest BCUT2D eigenvalue weighted by Gasteiger charge is 2.14. The zero-order valence-electron chi connectivity index (χ0n) is 11.0. The van der Waals surface area contributed by atoms with Crippen LogP contribution in [0.25, 0.3) is 0 Å². The topological polar surface area (TPSA) is 55.1 Å². The molecule has 20 heavy (non-hydrogen) atoms. The second-order valence-corrected chi connectivity index (χ2v) is 6.66. The smallest absolute Gasteiger partial charge is 0.237 e. The van der Waals surface area contributed by atoms with E-state index in [2.05, 4.69) is 21.2 Å². The highest BCUT2D eigenvalue weighted by molar-refractivity contribution is 9.10. The molecule has 1 unspecified atom stereocenters. The summed E-state index contributed by atoms with van der Waals surface area (Å²) in [5.41, 5.74) is 7.04. The van der Waals surface area contributed by atoms with Gasteiger partial charge in [0.05, 0.1) is 5.25 Å². The summed E-state index contributed by atoms with van der Waals surface area (Å²) in [6.45, 7) is 1.88. The largest absolute Gasteiger partial charge is 0.399 e. The SMILES string of the molecule is CC(Sc1cccc(Br)c1)C(=O)Nc1cccc(N)c1. The van der Waals surface area contributed by atoms with Gasteiger partial charge < -0.3 is 11.1 Å². The van der Waals surface area contributed by atoms with Crippen LogP contribution < -0.4 is 11.1 Å². The van der Waals surface area contributed by atoms with Gasteiger partial charge in [-0.25, -0.2) is 0 Å². The van der Waals surface area contributed by atoms with Crippen molar-refractivity contribution in [3.05, 3.63) is 53.0 Å². The van der Waals surface area contributed by atoms with Crippen LogP contribution in [0.1, 0.15) is 6.92 Å². The predicted octanol–water partition coefficient (Wildman–Crippen LogP) is 4.15. The lowest BCUT2D eigenvalue weighted by Gasteiger charge is -2.12. The minimum absolute atomic E-state index is 0.0411. The molecule has 2 aromatic rings. The maximum absolute atomic E-state index is 12.1. The summed E-state index contributed by atoms with van der Waals surface area (Å²) in [5.74, 6) is -0.0411. The fraction of sp³-hybridized carbons (Fsp3) is 0.133. The van der Waals surface area contributed by atoms with Gasteiger partial charge in [0.2, 0.25) is 5.91 Å². The van der Waals surface area contributed by atoms with Crippen molar-refractivity contribution in [3.63, 3.8) is 0 Å². The van der Waals surface area contributed by atoms with Crippen molar-refractivity contribution >= 4 is 45.0 Å². The lowest BCUT2D eigenvalue weighted by atomic mass is 10.3. The number of benzene rings is 2. The molecule has 0 aromatic heterocycles. The van der Waals surface area contributed by atoms with E-state index in [1.54, 1.807) is 12.1 Å². The Kier molecular flexibility index (Phi) is 5.09. The van der Waals surface area contributed by atoms with Crippen molar-refractivity contribution in [1.29, 1.82) is 0 Å². The minimum Gasteiger partial charge on any atom is -0.399 e. The predicted molar refractivity (Wildman–Crippen MR) is 88.9 cm³/mol. The van der Waals surface area contributed by atoms with Crippen LogP contribution in [0.15, 0.2) is 57.9 Å². The zero-order chi connectivity index (χ0) is 14.5. The monoisotopic (exact) mass is 350 g/mol. The van der Waals surface area contributed by atoms with Crippen LogP contribution >= 0.6 is 27.7 Å². The van der Waals surface area contributed by atoms with Gasteiger partial charge in [-0.3, -0.25) is 4.79 Å². The number of nitrogens with two attached hydrogens (primary N) is 1. The van der Waals surface area contributed by atoms with Gasteiger partial charge in [0.25, 0.3) is 0 Å². The summed E-state index contributed by atoms with van der Waals surface area (Å²) in [4.78, 5) is 13.2. The number of amides is 1. The number of carbonyl (C=O) groups excluding carboxylic acids is 1. The third-order valence-electron chi connectivity index (χ3n) is 2.63. The fourth-order valence-electron chi connectivity index (χ4n) is 1.66. The van der Waals surface area contributed by atoms with Crippen LogP contribution in [0, 0.1) is 0 Å². The fourth-order valence-corrected chi connectivity index (χ4v) is 3.14. The first-order chi connectivity index (χ1) is 9.54. The minimum atomic E-state index is -0.189. The number of rotatable bonds is 4. The Bertz CT molecular complexity index is 618. The molecule has 1 atom stereocenters. The summed E-state index contributed by atoms with van der Waals surface area (Å²) in [7, 11) is 0. The van der Waals surface area contributed by atoms with E-state index >= 15 is 0 Å². The molecule has 0 radical (unpaired) electrons. The Hall–Kier alpha value is -1.46. The van der Waals surface area contributed by atoms with E-state index in [-0.39, 0.29) is 11.2 Å². The van der Waals surface area contributed by atoms with E-state index in [1.165, 1.54) is 11.8 Å². The standard InChI is InChI=1S/C15H15BrN2OS/c1-10(20-14-7-2-4-11(16)8-14)15(19)18-13-6-3-5-12(17)9-13/h2-10H,17H2,1H3,(H,18,19). The molecule has 104 valence electrons. The van der Waals surface area contributed by atoms with Crippen LogP contribution in [0.3, 0.4) is 0 Å². The molecule has 3 nitrogen and oxygen atoms in total. The van der Waals surface area contributed by atoms with Gasteiger partial charge in [0, 0.05) is 20.7 Å². The molecule has 0 heterocycles. The van der Waals surface area contributed by atoms with Crippen molar-refractivity contribution in [2.75, 3.05) is 11.1 Å². The van der Waals surface area contributed by atoms with Gasteiger partial charge in [0.15, 0.2) is 0 Å². The molecule has 0 bridgehead atoms. The first kappa shape index (κ1) is 14.9. The molecule has 0 aliphatic heterocycles. The van der Waals surface area contributed by atoms with E-state index in [4.69, 9.17) is 5.73 Å². The number of nitrogens with one attached hydrogen (secondary N) is 1. The number of halogens is 1. The second kappa shape index (κ2) is 6.81. The molecule has 3 N–H and O–H groups in total. The van der Waals surface area contributed by atoms with Gasteiger partial charge in [-0.1, -0.05) is 28.1 Å². The normalized spacial score (nSPS) is 11.9. The van der Waals surface area contributed by atoms with E-state index in [0.717, 1.165) is 15.1 Å².